The first-order chi connectivity index (χ1) is 8.61. The van der Waals surface area contributed by atoms with Crippen LogP contribution in [0.3, 0.4) is 0 Å². The van der Waals surface area contributed by atoms with E-state index in [4.69, 9.17) is 4.74 Å². The van der Waals surface area contributed by atoms with Gasteiger partial charge in [-0.2, -0.15) is 0 Å². The molecule has 1 nitrogen and oxygen atoms in total. The van der Waals surface area contributed by atoms with Gasteiger partial charge in [-0.15, -0.1) is 0 Å². The third-order valence-corrected chi connectivity index (χ3v) is 3.08. The Balaban J connectivity index is 0.000000280. The summed E-state index contributed by atoms with van der Waals surface area (Å²) in [5.41, 5.74) is 4.11. The molecule has 0 spiro atoms. The quantitative estimate of drug-likeness (QED) is 0.736. The van der Waals surface area contributed by atoms with Gasteiger partial charge in [0.15, 0.2) is 0 Å². The summed E-state index contributed by atoms with van der Waals surface area (Å²) >= 11 is 0. The maximum Gasteiger partial charge on any atom is 0.0459 e. The van der Waals surface area contributed by atoms with Crippen LogP contribution in [0.1, 0.15) is 30.0 Å². The summed E-state index contributed by atoms with van der Waals surface area (Å²) in [5, 5.41) is 2.81. The van der Waals surface area contributed by atoms with Crippen molar-refractivity contribution in [1.82, 2.24) is 0 Å². The van der Waals surface area contributed by atoms with Gasteiger partial charge < -0.3 is 4.74 Å². The van der Waals surface area contributed by atoms with Crippen molar-refractivity contribution in [1.29, 1.82) is 0 Å². The molecule has 0 amide bonds. The number of rotatable bonds is 2. The molecule has 0 saturated heterocycles. The van der Waals surface area contributed by atoms with Crippen molar-refractivity contribution in [2.24, 2.45) is 0 Å². The average molecular weight is 244 g/mol. The van der Waals surface area contributed by atoms with E-state index < -0.39 is 0 Å². The van der Waals surface area contributed by atoms with Gasteiger partial charge in [-0.3, -0.25) is 0 Å². The molecule has 0 bridgehead atoms. The fourth-order valence-electron chi connectivity index (χ4n) is 2.15. The highest BCUT2D eigenvalue weighted by atomic mass is 16.5. The minimum Gasteiger partial charge on any atom is -0.385 e. The second-order valence-corrected chi connectivity index (χ2v) is 4.69. The number of hydrogen-bond donors (Lipinski definition) is 0. The van der Waals surface area contributed by atoms with Crippen LogP contribution < -0.4 is 0 Å². The van der Waals surface area contributed by atoms with E-state index in [2.05, 4.69) is 58.0 Å². The van der Waals surface area contributed by atoms with Crippen LogP contribution in [-0.4, -0.2) is 13.7 Å². The minimum absolute atomic E-state index is 0.889. The van der Waals surface area contributed by atoms with Gasteiger partial charge >= 0.3 is 0 Å². The third-order valence-electron chi connectivity index (χ3n) is 3.08. The Morgan fingerprint density at radius 3 is 2.00 bits per heavy atom. The lowest BCUT2D eigenvalue weighted by molar-refractivity contribution is 0.199. The van der Waals surface area contributed by atoms with Gasteiger partial charge in [0.05, 0.1) is 0 Å². The third kappa shape index (κ3) is 3.58. The zero-order valence-electron chi connectivity index (χ0n) is 12.2. The second-order valence-electron chi connectivity index (χ2n) is 4.69. The molecule has 0 N–H and O–H groups in total. The standard InChI is InChI=1S/C13H14.C4H10O/c1-9-7-8-11(3)13-10(2)5-4-6-12(9)13;1-3-4-5-2/h4-8H,1-3H3;3-4H2,1-2H3. The van der Waals surface area contributed by atoms with Crippen LogP contribution in [0.5, 0.6) is 0 Å². The van der Waals surface area contributed by atoms with Crippen LogP contribution in [-0.2, 0) is 4.74 Å². The Morgan fingerprint density at radius 1 is 0.889 bits per heavy atom. The zero-order chi connectivity index (χ0) is 13.5. The summed E-state index contributed by atoms with van der Waals surface area (Å²) in [7, 11) is 1.71. The van der Waals surface area contributed by atoms with E-state index in [1.165, 1.54) is 27.5 Å². The number of aryl methyl sites for hydroxylation is 3. The highest BCUT2D eigenvalue weighted by Crippen LogP contribution is 2.24. The summed E-state index contributed by atoms with van der Waals surface area (Å²) in [6, 6.07) is 10.9. The molecule has 0 aliphatic rings. The molecule has 2 rings (SSSR count). The van der Waals surface area contributed by atoms with Gasteiger partial charge in [0.2, 0.25) is 0 Å². The Hall–Kier alpha value is -1.34. The van der Waals surface area contributed by atoms with Gasteiger partial charge in [0.1, 0.15) is 0 Å². The van der Waals surface area contributed by atoms with Crippen molar-refractivity contribution in [3.63, 3.8) is 0 Å². The summed E-state index contributed by atoms with van der Waals surface area (Å²) in [5.74, 6) is 0. The smallest absolute Gasteiger partial charge is 0.0459 e. The molecule has 0 aliphatic carbocycles. The molecule has 18 heavy (non-hydrogen) atoms. The highest BCUT2D eigenvalue weighted by molar-refractivity contribution is 5.91. The Kier molecular flexibility index (Phi) is 5.87. The van der Waals surface area contributed by atoms with Gasteiger partial charge in [0.25, 0.3) is 0 Å². The maximum atomic E-state index is 4.69. The summed E-state index contributed by atoms with van der Waals surface area (Å²) < 4.78 is 4.69. The maximum absolute atomic E-state index is 4.69. The zero-order valence-corrected chi connectivity index (χ0v) is 12.2. The fourth-order valence-corrected chi connectivity index (χ4v) is 2.15. The van der Waals surface area contributed by atoms with E-state index >= 15 is 0 Å². The number of benzene rings is 2. The molecule has 0 saturated carbocycles. The van der Waals surface area contributed by atoms with Crippen LogP contribution in [0.15, 0.2) is 30.3 Å². The molecule has 0 aromatic heterocycles. The summed E-state index contributed by atoms with van der Waals surface area (Å²) in [4.78, 5) is 0. The van der Waals surface area contributed by atoms with E-state index in [0.717, 1.165) is 13.0 Å². The van der Waals surface area contributed by atoms with Crippen LogP contribution in [0.2, 0.25) is 0 Å². The van der Waals surface area contributed by atoms with Gasteiger partial charge in [-0.25, -0.2) is 0 Å². The molecular formula is C17H24O. The van der Waals surface area contributed by atoms with E-state index in [1.54, 1.807) is 7.11 Å². The molecule has 0 atom stereocenters. The first kappa shape index (κ1) is 14.7. The molecule has 98 valence electrons. The molecule has 2 aromatic rings. The Bertz CT molecular complexity index is 490. The Morgan fingerprint density at radius 2 is 1.50 bits per heavy atom. The molecule has 1 heteroatoms. The SMILES string of the molecule is CCCOC.Cc1ccc(C)c2c(C)cccc12. The van der Waals surface area contributed by atoms with Crippen molar-refractivity contribution in [3.05, 3.63) is 47.0 Å². The van der Waals surface area contributed by atoms with Crippen molar-refractivity contribution < 1.29 is 4.74 Å². The molecule has 0 heterocycles. The van der Waals surface area contributed by atoms with E-state index in [0.29, 0.717) is 0 Å². The van der Waals surface area contributed by atoms with E-state index in [9.17, 15) is 0 Å². The largest absolute Gasteiger partial charge is 0.385 e. The summed E-state index contributed by atoms with van der Waals surface area (Å²) in [6.07, 6.45) is 1.12. The Labute approximate surface area is 111 Å². The lowest BCUT2D eigenvalue weighted by Gasteiger charge is -2.07. The van der Waals surface area contributed by atoms with Crippen LogP contribution in [0.4, 0.5) is 0 Å². The number of hydrogen-bond acceptors (Lipinski definition) is 1. The molecule has 2 aromatic carbocycles. The van der Waals surface area contributed by atoms with Gasteiger partial charge in [-0.1, -0.05) is 37.3 Å². The normalized spacial score (nSPS) is 10.1. The molecular weight excluding hydrogens is 220 g/mol. The minimum atomic E-state index is 0.889. The number of ether oxygens (including phenoxy) is 1. The van der Waals surface area contributed by atoms with Crippen LogP contribution in [0, 0.1) is 20.8 Å². The molecule has 0 radical (unpaired) electrons. The van der Waals surface area contributed by atoms with E-state index in [1.807, 2.05) is 0 Å². The van der Waals surface area contributed by atoms with Gasteiger partial charge in [-0.05, 0) is 54.7 Å². The lowest BCUT2D eigenvalue weighted by Crippen LogP contribution is -1.85. The van der Waals surface area contributed by atoms with Gasteiger partial charge in [0, 0.05) is 13.7 Å². The monoisotopic (exact) mass is 244 g/mol. The number of methoxy groups -OCH3 is 1. The average Bonchev–Trinajstić information content (AvgIpc) is 2.36. The first-order valence-corrected chi connectivity index (χ1v) is 6.56. The van der Waals surface area contributed by atoms with Crippen LogP contribution >= 0.6 is 0 Å². The molecule has 0 fully saturated rings. The summed E-state index contributed by atoms with van der Waals surface area (Å²) in [6.45, 7) is 9.49. The first-order valence-electron chi connectivity index (χ1n) is 6.56. The van der Waals surface area contributed by atoms with E-state index in [-0.39, 0.29) is 0 Å². The van der Waals surface area contributed by atoms with Crippen molar-refractivity contribution in [3.8, 4) is 0 Å². The van der Waals surface area contributed by atoms with Crippen molar-refractivity contribution in [2.75, 3.05) is 13.7 Å². The molecule has 0 aliphatic heterocycles. The fraction of sp³-hybridized carbons (Fsp3) is 0.412. The molecule has 0 unspecified atom stereocenters. The van der Waals surface area contributed by atoms with Crippen molar-refractivity contribution >= 4 is 10.8 Å². The number of fused-ring (bicyclic) bond motifs is 1. The highest BCUT2D eigenvalue weighted by Gasteiger charge is 2.01. The second kappa shape index (κ2) is 7.17. The predicted molar refractivity (Wildman–Crippen MR) is 80.3 cm³/mol. The van der Waals surface area contributed by atoms with Crippen molar-refractivity contribution in [2.45, 2.75) is 34.1 Å². The lowest BCUT2D eigenvalue weighted by atomic mass is 9.97. The topological polar surface area (TPSA) is 9.23 Å². The predicted octanol–water partition coefficient (Wildman–Crippen LogP) is 4.81. The van der Waals surface area contributed by atoms with Crippen LogP contribution in [0.25, 0.3) is 10.8 Å².